The molecule has 1 aliphatic carbocycles. The van der Waals surface area contributed by atoms with Crippen LogP contribution in [0.1, 0.15) is 44.2 Å². The minimum atomic E-state index is 0.424. The lowest BCUT2D eigenvalue weighted by molar-refractivity contribution is 0.181. The maximum Gasteiger partial charge on any atom is 0.0795 e. The first kappa shape index (κ1) is 13.0. The SMILES string of the molecule is NCC1(CCNCc2cscn2)CCCCC1. The Labute approximate surface area is 108 Å². The highest BCUT2D eigenvalue weighted by atomic mass is 32.1. The lowest BCUT2D eigenvalue weighted by atomic mass is 9.72. The van der Waals surface area contributed by atoms with Crippen LogP contribution in [0, 0.1) is 5.41 Å². The Morgan fingerprint density at radius 2 is 2.18 bits per heavy atom. The third-order valence-electron chi connectivity index (χ3n) is 3.97. The number of thiazole rings is 1. The summed E-state index contributed by atoms with van der Waals surface area (Å²) >= 11 is 1.66. The van der Waals surface area contributed by atoms with Crippen LogP contribution in [0.15, 0.2) is 10.9 Å². The molecule has 1 fully saturated rings. The molecule has 1 aromatic rings. The number of rotatable bonds is 6. The molecule has 3 nitrogen and oxygen atoms in total. The summed E-state index contributed by atoms with van der Waals surface area (Å²) in [6.07, 6.45) is 7.98. The maximum atomic E-state index is 5.98. The largest absolute Gasteiger partial charge is 0.330 e. The molecule has 1 saturated carbocycles. The quantitative estimate of drug-likeness (QED) is 0.766. The highest BCUT2D eigenvalue weighted by Gasteiger charge is 2.29. The molecule has 0 unspecified atom stereocenters. The fourth-order valence-electron chi connectivity index (χ4n) is 2.75. The summed E-state index contributed by atoms with van der Waals surface area (Å²) in [7, 11) is 0. The van der Waals surface area contributed by atoms with E-state index in [2.05, 4.69) is 15.7 Å². The Morgan fingerprint density at radius 3 is 2.82 bits per heavy atom. The van der Waals surface area contributed by atoms with Crippen LogP contribution < -0.4 is 11.1 Å². The predicted octanol–water partition coefficient (Wildman–Crippen LogP) is 2.53. The van der Waals surface area contributed by atoms with E-state index in [0.717, 1.165) is 25.3 Å². The normalized spacial score (nSPS) is 19.4. The molecule has 0 bridgehead atoms. The first-order chi connectivity index (χ1) is 8.35. The molecule has 1 aromatic heterocycles. The number of nitrogens with zero attached hydrogens (tertiary/aromatic N) is 1. The second kappa shape index (κ2) is 6.47. The molecule has 96 valence electrons. The minimum absolute atomic E-state index is 0.424. The summed E-state index contributed by atoms with van der Waals surface area (Å²) in [6, 6.07) is 0. The fraction of sp³-hybridized carbons (Fsp3) is 0.769. The first-order valence-electron chi connectivity index (χ1n) is 6.63. The van der Waals surface area contributed by atoms with Gasteiger partial charge >= 0.3 is 0 Å². The number of nitrogens with two attached hydrogens (primary N) is 1. The molecule has 0 radical (unpaired) electrons. The van der Waals surface area contributed by atoms with Crippen molar-refractivity contribution in [3.05, 3.63) is 16.6 Å². The molecule has 0 amide bonds. The van der Waals surface area contributed by atoms with E-state index in [1.807, 2.05) is 5.51 Å². The van der Waals surface area contributed by atoms with Gasteiger partial charge in [-0.25, -0.2) is 4.98 Å². The van der Waals surface area contributed by atoms with Gasteiger partial charge in [0.1, 0.15) is 0 Å². The molecular formula is C13H23N3S. The van der Waals surface area contributed by atoms with Gasteiger partial charge in [0.15, 0.2) is 0 Å². The molecule has 4 heteroatoms. The third kappa shape index (κ3) is 3.76. The van der Waals surface area contributed by atoms with Crippen LogP contribution in [-0.2, 0) is 6.54 Å². The van der Waals surface area contributed by atoms with E-state index in [4.69, 9.17) is 5.73 Å². The van der Waals surface area contributed by atoms with Gasteiger partial charge in [-0.3, -0.25) is 0 Å². The number of hydrogen-bond acceptors (Lipinski definition) is 4. The average Bonchev–Trinajstić information content (AvgIpc) is 2.89. The predicted molar refractivity (Wildman–Crippen MR) is 73.0 cm³/mol. The summed E-state index contributed by atoms with van der Waals surface area (Å²) in [5.74, 6) is 0. The number of nitrogens with one attached hydrogen (secondary N) is 1. The van der Waals surface area contributed by atoms with Gasteiger partial charge in [0.2, 0.25) is 0 Å². The maximum absolute atomic E-state index is 5.98. The van der Waals surface area contributed by atoms with Gasteiger partial charge in [-0.15, -0.1) is 11.3 Å². The first-order valence-corrected chi connectivity index (χ1v) is 7.57. The van der Waals surface area contributed by atoms with Crippen LogP contribution in [0.4, 0.5) is 0 Å². The molecule has 17 heavy (non-hydrogen) atoms. The zero-order chi connectivity index (χ0) is 12.0. The topological polar surface area (TPSA) is 50.9 Å². The standard InChI is InChI=1S/C13H23N3S/c14-10-13(4-2-1-3-5-13)6-7-15-8-12-9-17-11-16-12/h9,11,15H,1-8,10,14H2. The second-order valence-electron chi connectivity index (χ2n) is 5.17. The van der Waals surface area contributed by atoms with Crippen molar-refractivity contribution in [2.45, 2.75) is 45.1 Å². The highest BCUT2D eigenvalue weighted by Crippen LogP contribution is 2.37. The van der Waals surface area contributed by atoms with E-state index in [1.54, 1.807) is 11.3 Å². The van der Waals surface area contributed by atoms with E-state index in [1.165, 1.54) is 38.5 Å². The highest BCUT2D eigenvalue weighted by molar-refractivity contribution is 7.07. The zero-order valence-electron chi connectivity index (χ0n) is 10.5. The average molecular weight is 253 g/mol. The van der Waals surface area contributed by atoms with Gasteiger partial charge in [0, 0.05) is 11.9 Å². The number of aromatic nitrogens is 1. The fourth-order valence-corrected chi connectivity index (χ4v) is 3.31. The molecule has 0 aromatic carbocycles. The van der Waals surface area contributed by atoms with Crippen molar-refractivity contribution in [3.63, 3.8) is 0 Å². The number of hydrogen-bond donors (Lipinski definition) is 2. The van der Waals surface area contributed by atoms with Crippen LogP contribution in [0.5, 0.6) is 0 Å². The monoisotopic (exact) mass is 253 g/mol. The van der Waals surface area contributed by atoms with Gasteiger partial charge in [-0.1, -0.05) is 19.3 Å². The molecule has 2 rings (SSSR count). The Morgan fingerprint density at radius 1 is 1.35 bits per heavy atom. The van der Waals surface area contributed by atoms with Crippen molar-refractivity contribution in [1.29, 1.82) is 0 Å². The van der Waals surface area contributed by atoms with Crippen LogP contribution in [0.2, 0.25) is 0 Å². The van der Waals surface area contributed by atoms with Crippen LogP contribution in [-0.4, -0.2) is 18.1 Å². The molecule has 0 saturated heterocycles. The van der Waals surface area contributed by atoms with Gasteiger partial charge < -0.3 is 11.1 Å². The molecule has 3 N–H and O–H groups in total. The van der Waals surface area contributed by atoms with Gasteiger partial charge in [-0.2, -0.15) is 0 Å². The van der Waals surface area contributed by atoms with E-state index in [9.17, 15) is 0 Å². The minimum Gasteiger partial charge on any atom is -0.330 e. The zero-order valence-corrected chi connectivity index (χ0v) is 11.3. The Bertz CT molecular complexity index is 304. The van der Waals surface area contributed by atoms with Crippen LogP contribution in [0.25, 0.3) is 0 Å². The molecular weight excluding hydrogens is 230 g/mol. The Hall–Kier alpha value is -0.450. The Kier molecular flexibility index (Phi) is 4.95. The molecule has 0 spiro atoms. The van der Waals surface area contributed by atoms with Crippen molar-refractivity contribution in [2.24, 2.45) is 11.1 Å². The molecule has 1 heterocycles. The summed E-state index contributed by atoms with van der Waals surface area (Å²) in [6.45, 7) is 2.81. The van der Waals surface area contributed by atoms with Gasteiger partial charge in [-0.05, 0) is 37.8 Å². The van der Waals surface area contributed by atoms with E-state index >= 15 is 0 Å². The summed E-state index contributed by atoms with van der Waals surface area (Å²) in [5, 5.41) is 5.59. The van der Waals surface area contributed by atoms with Gasteiger partial charge in [0.05, 0.1) is 11.2 Å². The van der Waals surface area contributed by atoms with Crippen molar-refractivity contribution in [2.75, 3.05) is 13.1 Å². The Balaban J connectivity index is 1.69. The van der Waals surface area contributed by atoms with Crippen molar-refractivity contribution < 1.29 is 0 Å². The van der Waals surface area contributed by atoms with E-state index in [0.29, 0.717) is 5.41 Å². The van der Waals surface area contributed by atoms with Crippen molar-refractivity contribution in [3.8, 4) is 0 Å². The summed E-state index contributed by atoms with van der Waals surface area (Å²) in [4.78, 5) is 4.27. The van der Waals surface area contributed by atoms with Crippen LogP contribution >= 0.6 is 11.3 Å². The lowest BCUT2D eigenvalue weighted by Gasteiger charge is -2.36. The van der Waals surface area contributed by atoms with Crippen LogP contribution in [0.3, 0.4) is 0 Å². The molecule has 1 aliphatic rings. The molecule has 0 atom stereocenters. The second-order valence-corrected chi connectivity index (χ2v) is 5.89. The van der Waals surface area contributed by atoms with Crippen molar-refractivity contribution >= 4 is 11.3 Å². The van der Waals surface area contributed by atoms with Gasteiger partial charge in [0.25, 0.3) is 0 Å². The summed E-state index contributed by atoms with van der Waals surface area (Å²) in [5.41, 5.74) is 9.44. The summed E-state index contributed by atoms with van der Waals surface area (Å²) < 4.78 is 0. The third-order valence-corrected chi connectivity index (χ3v) is 4.60. The van der Waals surface area contributed by atoms with E-state index in [-0.39, 0.29) is 0 Å². The van der Waals surface area contributed by atoms with E-state index < -0.39 is 0 Å². The molecule has 0 aliphatic heterocycles. The smallest absolute Gasteiger partial charge is 0.0795 e. The lowest BCUT2D eigenvalue weighted by Crippen LogP contribution is -2.35. The van der Waals surface area contributed by atoms with Crippen molar-refractivity contribution in [1.82, 2.24) is 10.3 Å².